The lowest BCUT2D eigenvalue weighted by Crippen LogP contribution is -2.40. The third kappa shape index (κ3) is 3.22. The maximum absolute atomic E-state index is 12.8. The molecule has 0 aromatic heterocycles. The Hall–Kier alpha value is -1.12. The van der Waals surface area contributed by atoms with Crippen molar-refractivity contribution >= 4 is 31.9 Å². The molecule has 1 aliphatic heterocycles. The lowest BCUT2D eigenvalue weighted by molar-refractivity contribution is -0.140. The lowest BCUT2D eigenvalue weighted by atomic mass is 10.2. The SMILES string of the molecule is CCOc1ccc(Br)cc1S(=O)(=O)N1CCC[C@@H]1C(=O)O. The van der Waals surface area contributed by atoms with Gasteiger partial charge >= 0.3 is 5.97 Å². The molecule has 1 atom stereocenters. The molecular formula is C13H16BrNO5S. The Labute approximate surface area is 131 Å². The molecule has 1 aromatic carbocycles. The van der Waals surface area contributed by atoms with E-state index in [0.29, 0.717) is 23.9 Å². The number of rotatable bonds is 5. The first-order chi connectivity index (χ1) is 9.87. The van der Waals surface area contributed by atoms with Gasteiger partial charge < -0.3 is 9.84 Å². The second kappa shape index (κ2) is 6.33. The third-order valence-electron chi connectivity index (χ3n) is 3.28. The van der Waals surface area contributed by atoms with Gasteiger partial charge in [0.05, 0.1) is 6.61 Å². The van der Waals surface area contributed by atoms with Crippen molar-refractivity contribution in [2.24, 2.45) is 0 Å². The fourth-order valence-corrected chi connectivity index (χ4v) is 4.68. The summed E-state index contributed by atoms with van der Waals surface area (Å²) < 4.78 is 32.5. The quantitative estimate of drug-likeness (QED) is 0.848. The van der Waals surface area contributed by atoms with Crippen molar-refractivity contribution in [2.45, 2.75) is 30.7 Å². The number of halogens is 1. The molecule has 2 rings (SSSR count). The number of hydrogen-bond donors (Lipinski definition) is 1. The molecule has 0 radical (unpaired) electrons. The van der Waals surface area contributed by atoms with E-state index < -0.39 is 22.0 Å². The average Bonchev–Trinajstić information content (AvgIpc) is 2.91. The van der Waals surface area contributed by atoms with E-state index in [-0.39, 0.29) is 17.2 Å². The Morgan fingerprint density at radius 1 is 1.52 bits per heavy atom. The normalized spacial score (nSPS) is 19.6. The van der Waals surface area contributed by atoms with E-state index in [9.17, 15) is 18.3 Å². The van der Waals surface area contributed by atoms with Crippen molar-refractivity contribution in [3.05, 3.63) is 22.7 Å². The molecule has 8 heteroatoms. The highest BCUT2D eigenvalue weighted by Gasteiger charge is 2.40. The van der Waals surface area contributed by atoms with E-state index in [1.165, 1.54) is 6.07 Å². The molecule has 0 aliphatic carbocycles. The Kier molecular flexibility index (Phi) is 4.90. The summed E-state index contributed by atoms with van der Waals surface area (Å²) in [5.74, 6) is -0.888. The van der Waals surface area contributed by atoms with Crippen LogP contribution < -0.4 is 4.74 Å². The third-order valence-corrected chi connectivity index (χ3v) is 5.70. The predicted molar refractivity (Wildman–Crippen MR) is 79.9 cm³/mol. The van der Waals surface area contributed by atoms with Gasteiger partial charge in [0, 0.05) is 11.0 Å². The number of carboxylic acid groups (broad SMARTS) is 1. The fraction of sp³-hybridized carbons (Fsp3) is 0.462. The van der Waals surface area contributed by atoms with Crippen molar-refractivity contribution < 1.29 is 23.1 Å². The van der Waals surface area contributed by atoms with E-state index in [1.54, 1.807) is 19.1 Å². The average molecular weight is 378 g/mol. The zero-order valence-corrected chi connectivity index (χ0v) is 13.9. The van der Waals surface area contributed by atoms with Crippen LogP contribution in [0.4, 0.5) is 0 Å². The van der Waals surface area contributed by atoms with Gasteiger partial charge in [-0.15, -0.1) is 0 Å². The molecule has 0 spiro atoms. The van der Waals surface area contributed by atoms with Crippen LogP contribution in [0, 0.1) is 0 Å². The van der Waals surface area contributed by atoms with Gasteiger partial charge in [0.2, 0.25) is 10.0 Å². The van der Waals surface area contributed by atoms with E-state index in [0.717, 1.165) is 4.31 Å². The first-order valence-electron chi connectivity index (χ1n) is 6.55. The second-order valence-corrected chi connectivity index (χ2v) is 7.41. The fourth-order valence-electron chi connectivity index (χ4n) is 2.36. The van der Waals surface area contributed by atoms with Crippen LogP contribution in [0.5, 0.6) is 5.75 Å². The number of nitrogens with zero attached hydrogens (tertiary/aromatic N) is 1. The molecule has 0 amide bonds. The summed E-state index contributed by atoms with van der Waals surface area (Å²) in [5, 5.41) is 9.17. The van der Waals surface area contributed by atoms with Gasteiger partial charge in [-0.3, -0.25) is 4.79 Å². The number of sulfonamides is 1. The highest BCUT2D eigenvalue weighted by molar-refractivity contribution is 9.10. The Morgan fingerprint density at radius 3 is 2.86 bits per heavy atom. The van der Waals surface area contributed by atoms with Gasteiger partial charge in [0.25, 0.3) is 0 Å². The first kappa shape index (κ1) is 16.3. The minimum absolute atomic E-state index is 0.00752. The van der Waals surface area contributed by atoms with Crippen molar-refractivity contribution in [3.8, 4) is 5.75 Å². The van der Waals surface area contributed by atoms with Crippen LogP contribution in [0.15, 0.2) is 27.6 Å². The molecule has 1 aromatic rings. The van der Waals surface area contributed by atoms with Crippen LogP contribution in [-0.2, 0) is 14.8 Å². The number of carboxylic acids is 1. The molecule has 0 unspecified atom stereocenters. The second-order valence-electron chi connectivity index (χ2n) is 4.64. The molecule has 0 bridgehead atoms. The largest absolute Gasteiger partial charge is 0.492 e. The summed E-state index contributed by atoms with van der Waals surface area (Å²) in [6.07, 6.45) is 0.862. The van der Waals surface area contributed by atoms with Gasteiger partial charge in [-0.1, -0.05) is 15.9 Å². The van der Waals surface area contributed by atoms with Gasteiger partial charge in [0.15, 0.2) is 0 Å². The molecule has 1 aliphatic rings. The molecule has 116 valence electrons. The maximum Gasteiger partial charge on any atom is 0.322 e. The van der Waals surface area contributed by atoms with Crippen LogP contribution in [0.3, 0.4) is 0 Å². The summed E-state index contributed by atoms with van der Waals surface area (Å²) in [5.41, 5.74) is 0. The lowest BCUT2D eigenvalue weighted by Gasteiger charge is -2.22. The monoisotopic (exact) mass is 377 g/mol. The smallest absolute Gasteiger partial charge is 0.322 e. The number of hydrogen-bond acceptors (Lipinski definition) is 4. The summed E-state index contributed by atoms with van der Waals surface area (Å²) in [4.78, 5) is 11.2. The minimum Gasteiger partial charge on any atom is -0.492 e. The van der Waals surface area contributed by atoms with Gasteiger partial charge in [-0.05, 0) is 38.0 Å². The Bertz CT molecular complexity index is 646. The van der Waals surface area contributed by atoms with Crippen LogP contribution in [-0.4, -0.2) is 43.0 Å². The Balaban J connectivity index is 2.48. The van der Waals surface area contributed by atoms with Crippen LogP contribution >= 0.6 is 15.9 Å². The summed E-state index contributed by atoms with van der Waals surface area (Å²) >= 11 is 3.24. The molecule has 0 saturated carbocycles. The molecule has 6 nitrogen and oxygen atoms in total. The number of ether oxygens (including phenoxy) is 1. The molecule has 21 heavy (non-hydrogen) atoms. The highest BCUT2D eigenvalue weighted by atomic mass is 79.9. The molecule has 1 N–H and O–H groups in total. The van der Waals surface area contributed by atoms with E-state index in [4.69, 9.17) is 4.74 Å². The van der Waals surface area contributed by atoms with E-state index in [1.807, 2.05) is 0 Å². The van der Waals surface area contributed by atoms with Crippen LogP contribution in [0.25, 0.3) is 0 Å². The van der Waals surface area contributed by atoms with Crippen LogP contribution in [0.2, 0.25) is 0 Å². The minimum atomic E-state index is -3.91. The topological polar surface area (TPSA) is 83.9 Å². The first-order valence-corrected chi connectivity index (χ1v) is 8.78. The standard InChI is InChI=1S/C13H16BrNO5S/c1-2-20-11-6-5-9(14)8-12(11)21(18,19)15-7-3-4-10(15)13(16)17/h5-6,8,10H,2-4,7H2,1H3,(H,16,17)/t10-/m1/s1. The summed E-state index contributed by atoms with van der Waals surface area (Å²) in [7, 11) is -3.91. The van der Waals surface area contributed by atoms with Crippen molar-refractivity contribution in [1.29, 1.82) is 0 Å². The van der Waals surface area contributed by atoms with Gasteiger partial charge in [-0.25, -0.2) is 8.42 Å². The van der Waals surface area contributed by atoms with Crippen molar-refractivity contribution in [2.75, 3.05) is 13.2 Å². The number of aliphatic carboxylic acids is 1. The van der Waals surface area contributed by atoms with Gasteiger partial charge in [0.1, 0.15) is 16.7 Å². The molecule has 1 heterocycles. The number of benzene rings is 1. The summed E-state index contributed by atoms with van der Waals surface area (Å²) in [6, 6.07) is 3.68. The number of carbonyl (C=O) groups is 1. The van der Waals surface area contributed by atoms with Gasteiger partial charge in [-0.2, -0.15) is 4.31 Å². The van der Waals surface area contributed by atoms with Crippen LogP contribution in [0.1, 0.15) is 19.8 Å². The Morgan fingerprint density at radius 2 is 2.24 bits per heavy atom. The highest BCUT2D eigenvalue weighted by Crippen LogP contribution is 2.33. The molecule has 1 fully saturated rings. The van der Waals surface area contributed by atoms with Crippen molar-refractivity contribution in [1.82, 2.24) is 4.31 Å². The van der Waals surface area contributed by atoms with E-state index in [2.05, 4.69) is 15.9 Å². The maximum atomic E-state index is 12.8. The van der Waals surface area contributed by atoms with Crippen molar-refractivity contribution in [3.63, 3.8) is 0 Å². The summed E-state index contributed by atoms with van der Waals surface area (Å²) in [6.45, 7) is 2.29. The molecule has 1 saturated heterocycles. The zero-order chi connectivity index (χ0) is 15.6. The zero-order valence-electron chi connectivity index (χ0n) is 11.5. The molecular weight excluding hydrogens is 362 g/mol. The van der Waals surface area contributed by atoms with E-state index >= 15 is 0 Å². The predicted octanol–water partition coefficient (Wildman–Crippen LogP) is 2.09.